The summed E-state index contributed by atoms with van der Waals surface area (Å²) in [6.07, 6.45) is 0. The lowest BCUT2D eigenvalue weighted by Crippen LogP contribution is -2.30. The molecule has 1 N–H and O–H groups in total. The van der Waals surface area contributed by atoms with E-state index in [0.717, 1.165) is 23.9 Å². The first-order valence-corrected chi connectivity index (χ1v) is 9.90. The van der Waals surface area contributed by atoms with Crippen LogP contribution in [-0.2, 0) is 10.0 Å². The van der Waals surface area contributed by atoms with E-state index in [2.05, 4.69) is 0 Å². The first kappa shape index (κ1) is 19.7. The first-order valence-electron chi connectivity index (χ1n) is 8.41. The van der Waals surface area contributed by atoms with Crippen molar-refractivity contribution in [1.29, 1.82) is 0 Å². The minimum atomic E-state index is -4.30. The van der Waals surface area contributed by atoms with Crippen molar-refractivity contribution in [2.24, 2.45) is 0 Å². The Morgan fingerprint density at radius 1 is 1.18 bits per heavy atom. The Bertz CT molecular complexity index is 1140. The Labute approximate surface area is 161 Å². The lowest BCUT2D eigenvalue weighted by Gasteiger charge is -2.11. The van der Waals surface area contributed by atoms with Gasteiger partial charge in [-0.3, -0.25) is 4.79 Å². The van der Waals surface area contributed by atoms with Crippen LogP contribution in [0.1, 0.15) is 17.5 Å². The Balaban J connectivity index is 1.91. The molecule has 0 saturated heterocycles. The number of nitrogens with one attached hydrogen (secondary N) is 1. The maximum absolute atomic E-state index is 13.4. The highest BCUT2D eigenvalue weighted by Crippen LogP contribution is 2.27. The number of furan rings is 1. The van der Waals surface area contributed by atoms with Gasteiger partial charge in [0.15, 0.2) is 5.76 Å². The smallest absolute Gasteiger partial charge is 0.300 e. The Morgan fingerprint density at radius 3 is 2.61 bits per heavy atom. The first-order chi connectivity index (χ1) is 13.2. The topological polar surface area (TPSA) is 88.8 Å². The highest BCUT2D eigenvalue weighted by Gasteiger charge is 2.25. The normalized spacial score (nSPS) is 11.4. The molecular weight excluding hydrogens is 387 g/mol. The molecule has 0 saturated carbocycles. The summed E-state index contributed by atoms with van der Waals surface area (Å²) < 4.78 is 51.2. The second kappa shape index (κ2) is 7.51. The quantitative estimate of drug-likeness (QED) is 0.677. The molecule has 2 aromatic carbocycles. The van der Waals surface area contributed by atoms with Gasteiger partial charge in [-0.25, -0.2) is 17.5 Å². The van der Waals surface area contributed by atoms with E-state index in [1.54, 1.807) is 19.1 Å². The van der Waals surface area contributed by atoms with Crippen LogP contribution >= 0.6 is 0 Å². The monoisotopic (exact) mass is 406 g/mol. The number of amides is 1. The van der Waals surface area contributed by atoms with Gasteiger partial charge in [-0.05, 0) is 37.3 Å². The summed E-state index contributed by atoms with van der Waals surface area (Å²) in [6, 6.07) is 9.78. The average molecular weight is 406 g/mol. The number of carbonyl (C=O) groups excluding carboxylic acids is 1. The molecule has 7 nitrogen and oxygen atoms in total. The number of hydrogen-bond donors (Lipinski definition) is 1. The lowest BCUT2D eigenvalue weighted by molar-refractivity contribution is 0.0956. The predicted molar refractivity (Wildman–Crippen MR) is 103 cm³/mol. The van der Waals surface area contributed by atoms with E-state index in [0.29, 0.717) is 11.0 Å². The summed E-state index contributed by atoms with van der Waals surface area (Å²) in [4.78, 5) is 14.0. The van der Waals surface area contributed by atoms with Crippen LogP contribution in [0.15, 0.2) is 51.8 Å². The molecule has 1 heterocycles. The van der Waals surface area contributed by atoms with Crippen molar-refractivity contribution in [3.05, 3.63) is 54.0 Å². The molecule has 3 rings (SSSR count). The Morgan fingerprint density at radius 2 is 1.93 bits per heavy atom. The van der Waals surface area contributed by atoms with Gasteiger partial charge in [-0.2, -0.15) is 0 Å². The van der Waals surface area contributed by atoms with Crippen molar-refractivity contribution >= 4 is 32.6 Å². The van der Waals surface area contributed by atoms with Gasteiger partial charge in [0, 0.05) is 37.3 Å². The second-order valence-electron chi connectivity index (χ2n) is 6.19. The van der Waals surface area contributed by atoms with Gasteiger partial charge in [0.2, 0.25) is 0 Å². The van der Waals surface area contributed by atoms with Gasteiger partial charge in [0.05, 0.1) is 6.61 Å². The fraction of sp³-hybridized carbons (Fsp3) is 0.211. The van der Waals surface area contributed by atoms with Crippen LogP contribution in [0.25, 0.3) is 11.0 Å². The minimum absolute atomic E-state index is 0.137. The number of fused-ring (bicyclic) bond motifs is 1. The number of benzene rings is 2. The average Bonchev–Trinajstić information content (AvgIpc) is 3.05. The Hall–Kier alpha value is -3.07. The molecule has 0 radical (unpaired) electrons. The summed E-state index contributed by atoms with van der Waals surface area (Å²) in [7, 11) is -0.568. The zero-order chi connectivity index (χ0) is 20.5. The third-order valence-corrected chi connectivity index (χ3v) is 5.34. The number of halogens is 1. The van der Waals surface area contributed by atoms with Gasteiger partial charge in [-0.1, -0.05) is 0 Å². The molecule has 0 atom stereocenters. The van der Waals surface area contributed by atoms with Gasteiger partial charge in [0.25, 0.3) is 10.0 Å². The van der Waals surface area contributed by atoms with E-state index in [4.69, 9.17) is 9.15 Å². The molecule has 28 heavy (non-hydrogen) atoms. The van der Waals surface area contributed by atoms with Gasteiger partial charge in [-0.15, -0.1) is 0 Å². The van der Waals surface area contributed by atoms with Crippen molar-refractivity contribution < 1.29 is 26.8 Å². The van der Waals surface area contributed by atoms with Crippen LogP contribution in [0.4, 0.5) is 10.1 Å². The highest BCUT2D eigenvalue weighted by atomic mass is 32.2. The summed E-state index contributed by atoms with van der Waals surface area (Å²) >= 11 is 0. The SMILES string of the molecule is CCOc1cc(F)ccc1S(=O)(=O)NC(=O)c1cc2ccc(N(C)C)cc2o1. The third kappa shape index (κ3) is 3.94. The van der Waals surface area contributed by atoms with Crippen LogP contribution in [-0.4, -0.2) is 35.0 Å². The maximum atomic E-state index is 13.4. The molecule has 9 heteroatoms. The molecule has 0 spiro atoms. The van der Waals surface area contributed by atoms with E-state index in [-0.39, 0.29) is 23.0 Å². The van der Waals surface area contributed by atoms with Crippen molar-refractivity contribution in [1.82, 2.24) is 4.72 Å². The van der Waals surface area contributed by atoms with E-state index in [1.807, 2.05) is 29.8 Å². The van der Waals surface area contributed by atoms with Gasteiger partial charge >= 0.3 is 5.91 Å². The van der Waals surface area contributed by atoms with E-state index in [1.165, 1.54) is 6.07 Å². The van der Waals surface area contributed by atoms with Crippen LogP contribution in [0.5, 0.6) is 5.75 Å². The molecule has 0 aliphatic heterocycles. The largest absolute Gasteiger partial charge is 0.492 e. The number of carbonyl (C=O) groups is 1. The van der Waals surface area contributed by atoms with Crippen LogP contribution in [0, 0.1) is 5.82 Å². The van der Waals surface area contributed by atoms with E-state index in [9.17, 15) is 17.6 Å². The van der Waals surface area contributed by atoms with Crippen molar-refractivity contribution in [2.75, 3.05) is 25.6 Å². The van der Waals surface area contributed by atoms with Crippen molar-refractivity contribution in [3.63, 3.8) is 0 Å². The molecule has 0 fully saturated rings. The van der Waals surface area contributed by atoms with Crippen molar-refractivity contribution in [2.45, 2.75) is 11.8 Å². The molecule has 3 aromatic rings. The summed E-state index contributed by atoms with van der Waals surface area (Å²) in [5.41, 5.74) is 1.32. The molecule has 0 aliphatic carbocycles. The lowest BCUT2D eigenvalue weighted by atomic mass is 10.2. The molecule has 0 bridgehead atoms. The molecule has 148 valence electrons. The fourth-order valence-corrected chi connectivity index (χ4v) is 3.69. The fourth-order valence-electron chi connectivity index (χ4n) is 2.61. The molecule has 0 aliphatic rings. The van der Waals surface area contributed by atoms with Gasteiger partial charge < -0.3 is 14.1 Å². The summed E-state index contributed by atoms with van der Waals surface area (Å²) in [6.45, 7) is 1.77. The number of nitrogens with zero attached hydrogens (tertiary/aromatic N) is 1. The maximum Gasteiger partial charge on any atom is 0.300 e. The van der Waals surface area contributed by atoms with Crippen molar-refractivity contribution in [3.8, 4) is 5.75 Å². The predicted octanol–water partition coefficient (Wildman–Crippen LogP) is 3.16. The number of ether oxygens (including phenoxy) is 1. The molecule has 1 amide bonds. The summed E-state index contributed by atoms with van der Waals surface area (Å²) in [5, 5.41) is 0.657. The standard InChI is InChI=1S/C19H19FN2O5S/c1-4-26-16-10-13(20)6-8-18(16)28(24,25)21-19(23)17-9-12-5-7-14(22(2)3)11-15(12)27-17/h5-11H,4H2,1-3H3,(H,21,23). The van der Waals surface area contributed by atoms with E-state index < -0.39 is 21.7 Å². The minimum Gasteiger partial charge on any atom is -0.492 e. The highest BCUT2D eigenvalue weighted by molar-refractivity contribution is 7.90. The number of anilines is 1. The summed E-state index contributed by atoms with van der Waals surface area (Å²) in [5.74, 6) is -1.92. The second-order valence-corrected chi connectivity index (χ2v) is 7.84. The van der Waals surface area contributed by atoms with Crippen LogP contribution in [0.2, 0.25) is 0 Å². The van der Waals surface area contributed by atoms with Gasteiger partial charge in [0.1, 0.15) is 22.0 Å². The third-order valence-electron chi connectivity index (χ3n) is 3.97. The van der Waals surface area contributed by atoms with E-state index >= 15 is 0 Å². The Kier molecular flexibility index (Phi) is 5.28. The molecular formula is C19H19FN2O5S. The number of rotatable bonds is 6. The molecule has 0 unspecified atom stereocenters. The number of sulfonamides is 1. The van der Waals surface area contributed by atoms with Crippen LogP contribution in [0.3, 0.4) is 0 Å². The van der Waals surface area contributed by atoms with Crippen LogP contribution < -0.4 is 14.4 Å². The zero-order valence-corrected chi connectivity index (χ0v) is 16.3. The molecule has 1 aromatic heterocycles. The number of hydrogen-bond acceptors (Lipinski definition) is 6. The zero-order valence-electron chi connectivity index (χ0n) is 15.5.